The van der Waals surface area contributed by atoms with Gasteiger partial charge in [0.15, 0.2) is 11.6 Å². The van der Waals surface area contributed by atoms with Crippen molar-refractivity contribution < 1.29 is 18.3 Å². The minimum Gasteiger partial charge on any atom is -0.497 e. The molecule has 32 heavy (non-hydrogen) atoms. The van der Waals surface area contributed by atoms with Gasteiger partial charge in [0.25, 0.3) is 0 Å². The topological polar surface area (TPSA) is 67.7 Å². The summed E-state index contributed by atoms with van der Waals surface area (Å²) in [5.74, 6) is -0.781. The molecule has 2 saturated heterocycles. The molecule has 2 fully saturated rings. The van der Waals surface area contributed by atoms with Crippen molar-refractivity contribution in [1.82, 2.24) is 19.7 Å². The highest BCUT2D eigenvalue weighted by Gasteiger charge is 2.29. The molecular formula is C22H24F2N6O2. The number of methoxy groups -OCH3 is 1. The Morgan fingerprint density at radius 1 is 1.00 bits per heavy atom. The highest BCUT2D eigenvalue weighted by atomic mass is 19.2. The highest BCUT2D eigenvalue weighted by Crippen LogP contribution is 2.29. The van der Waals surface area contributed by atoms with Crippen LogP contribution in [0.4, 0.5) is 26.1 Å². The Morgan fingerprint density at radius 2 is 1.81 bits per heavy atom. The van der Waals surface area contributed by atoms with Crippen LogP contribution < -0.4 is 15.0 Å². The fourth-order valence-corrected chi connectivity index (χ4v) is 3.94. The second-order valence-electron chi connectivity index (χ2n) is 7.87. The number of piperazine rings is 1. The predicted molar refractivity (Wildman–Crippen MR) is 116 cm³/mol. The van der Waals surface area contributed by atoms with E-state index in [1.54, 1.807) is 7.11 Å². The molecule has 0 amide bonds. The molecular weight excluding hydrogens is 418 g/mol. The Hall–Kier alpha value is -3.24. The molecule has 3 aromatic rings. The first-order valence-electron chi connectivity index (χ1n) is 10.5. The SMILES string of the molecule is COc1cc(Nc2ncn(-c3ccc(F)c(F)c3)n2)cc(N2CCN(C3COC3)CC2)c1. The van der Waals surface area contributed by atoms with Crippen LogP contribution in [0.3, 0.4) is 0 Å². The molecule has 0 unspecified atom stereocenters. The lowest BCUT2D eigenvalue weighted by Crippen LogP contribution is -2.56. The minimum atomic E-state index is -0.935. The molecule has 0 bridgehead atoms. The first kappa shape index (κ1) is 20.7. The van der Waals surface area contributed by atoms with Crippen molar-refractivity contribution in [2.75, 3.05) is 56.7 Å². The number of hydrogen-bond acceptors (Lipinski definition) is 7. The van der Waals surface area contributed by atoms with E-state index in [0.717, 1.165) is 68.6 Å². The average Bonchev–Trinajstić information content (AvgIpc) is 3.23. The van der Waals surface area contributed by atoms with Crippen LogP contribution in [0.5, 0.6) is 5.75 Å². The van der Waals surface area contributed by atoms with Crippen LogP contribution in [0.1, 0.15) is 0 Å². The van der Waals surface area contributed by atoms with E-state index in [4.69, 9.17) is 9.47 Å². The quantitative estimate of drug-likeness (QED) is 0.630. The van der Waals surface area contributed by atoms with E-state index in [2.05, 4.69) is 25.2 Å². The zero-order chi connectivity index (χ0) is 22.1. The summed E-state index contributed by atoms with van der Waals surface area (Å²) in [5.41, 5.74) is 2.21. The molecule has 2 aliphatic rings. The summed E-state index contributed by atoms with van der Waals surface area (Å²) in [7, 11) is 1.63. The van der Waals surface area contributed by atoms with Crippen LogP contribution in [0.25, 0.3) is 5.69 Å². The van der Waals surface area contributed by atoms with E-state index in [9.17, 15) is 8.78 Å². The third-order valence-corrected chi connectivity index (χ3v) is 5.86. The molecule has 1 N–H and O–H groups in total. The monoisotopic (exact) mass is 442 g/mol. The fourth-order valence-electron chi connectivity index (χ4n) is 3.94. The highest BCUT2D eigenvalue weighted by molar-refractivity contribution is 5.66. The summed E-state index contributed by atoms with van der Waals surface area (Å²) < 4.78 is 38.9. The lowest BCUT2D eigenvalue weighted by Gasteiger charge is -2.43. The van der Waals surface area contributed by atoms with Crippen LogP contribution in [-0.4, -0.2) is 72.2 Å². The number of hydrogen-bond donors (Lipinski definition) is 1. The van der Waals surface area contributed by atoms with Crippen molar-refractivity contribution in [3.05, 3.63) is 54.4 Å². The fraction of sp³-hybridized carbons (Fsp3) is 0.364. The molecule has 10 heteroatoms. The third-order valence-electron chi connectivity index (χ3n) is 5.86. The summed E-state index contributed by atoms with van der Waals surface area (Å²) in [5, 5.41) is 7.50. The van der Waals surface area contributed by atoms with Gasteiger partial charge in [-0.15, -0.1) is 5.10 Å². The predicted octanol–water partition coefficient (Wildman–Crippen LogP) is 2.82. The number of benzene rings is 2. The second-order valence-corrected chi connectivity index (χ2v) is 7.87. The maximum Gasteiger partial charge on any atom is 0.246 e. The summed E-state index contributed by atoms with van der Waals surface area (Å²) in [4.78, 5) is 9.05. The number of halogens is 2. The van der Waals surface area contributed by atoms with E-state index in [0.29, 0.717) is 17.7 Å². The van der Waals surface area contributed by atoms with Crippen molar-refractivity contribution >= 4 is 17.3 Å². The van der Waals surface area contributed by atoms with Gasteiger partial charge < -0.3 is 19.7 Å². The van der Waals surface area contributed by atoms with Crippen molar-refractivity contribution in [3.63, 3.8) is 0 Å². The molecule has 3 heterocycles. The van der Waals surface area contributed by atoms with Crippen molar-refractivity contribution in [2.24, 2.45) is 0 Å². The molecule has 0 saturated carbocycles. The van der Waals surface area contributed by atoms with Gasteiger partial charge in [-0.1, -0.05) is 0 Å². The molecule has 0 aliphatic carbocycles. The maximum absolute atomic E-state index is 13.5. The summed E-state index contributed by atoms with van der Waals surface area (Å²) in [6.07, 6.45) is 1.44. The number of ether oxygens (including phenoxy) is 2. The second kappa shape index (κ2) is 8.71. The lowest BCUT2D eigenvalue weighted by molar-refractivity contribution is -0.0660. The van der Waals surface area contributed by atoms with Gasteiger partial charge in [0.1, 0.15) is 12.1 Å². The molecule has 0 radical (unpaired) electrons. The first-order chi connectivity index (χ1) is 15.6. The van der Waals surface area contributed by atoms with Gasteiger partial charge in [-0.2, -0.15) is 4.98 Å². The zero-order valence-electron chi connectivity index (χ0n) is 17.7. The normalized spacial score (nSPS) is 17.3. The van der Waals surface area contributed by atoms with E-state index >= 15 is 0 Å². The smallest absolute Gasteiger partial charge is 0.246 e. The van der Waals surface area contributed by atoms with Gasteiger partial charge in [-0.05, 0) is 18.2 Å². The van der Waals surface area contributed by atoms with Gasteiger partial charge in [0.2, 0.25) is 5.95 Å². The Balaban J connectivity index is 1.31. The van der Waals surface area contributed by atoms with Crippen LogP contribution >= 0.6 is 0 Å². The molecule has 5 rings (SSSR count). The molecule has 0 atom stereocenters. The molecule has 168 valence electrons. The van der Waals surface area contributed by atoms with Crippen molar-refractivity contribution in [3.8, 4) is 11.4 Å². The Labute approximate surface area is 184 Å². The third kappa shape index (κ3) is 4.23. The van der Waals surface area contributed by atoms with E-state index in [1.165, 1.54) is 17.1 Å². The van der Waals surface area contributed by atoms with E-state index in [1.807, 2.05) is 18.2 Å². The summed E-state index contributed by atoms with van der Waals surface area (Å²) in [6, 6.07) is 10.0. The number of aromatic nitrogens is 3. The first-order valence-corrected chi connectivity index (χ1v) is 10.5. The van der Waals surface area contributed by atoms with Gasteiger partial charge in [-0.3, -0.25) is 4.90 Å². The molecule has 2 aromatic carbocycles. The van der Waals surface area contributed by atoms with Gasteiger partial charge in [0.05, 0.1) is 32.1 Å². The summed E-state index contributed by atoms with van der Waals surface area (Å²) in [6.45, 7) is 5.50. The van der Waals surface area contributed by atoms with Crippen LogP contribution in [-0.2, 0) is 4.74 Å². The molecule has 8 nitrogen and oxygen atoms in total. The minimum absolute atomic E-state index is 0.337. The number of nitrogens with one attached hydrogen (secondary N) is 1. The lowest BCUT2D eigenvalue weighted by atomic mass is 10.1. The van der Waals surface area contributed by atoms with Crippen LogP contribution in [0, 0.1) is 11.6 Å². The average molecular weight is 442 g/mol. The van der Waals surface area contributed by atoms with E-state index < -0.39 is 11.6 Å². The van der Waals surface area contributed by atoms with Crippen molar-refractivity contribution in [1.29, 1.82) is 0 Å². The molecule has 1 aromatic heterocycles. The van der Waals surface area contributed by atoms with Gasteiger partial charge in [0, 0.05) is 55.8 Å². The maximum atomic E-state index is 13.5. The Morgan fingerprint density at radius 3 is 2.50 bits per heavy atom. The Kier molecular flexibility index (Phi) is 5.62. The standard InChI is InChI=1S/C22H24F2N6O2/c1-31-19-9-15(8-17(10-19)28-4-6-29(7-5-28)18-12-32-13-18)26-22-25-14-30(27-22)16-2-3-20(23)21(24)11-16/h2-3,8-11,14,18H,4-7,12-13H2,1H3,(H,26,27). The van der Waals surface area contributed by atoms with Crippen LogP contribution in [0.15, 0.2) is 42.7 Å². The molecule has 0 spiro atoms. The zero-order valence-corrected chi connectivity index (χ0v) is 17.7. The van der Waals surface area contributed by atoms with Gasteiger partial charge >= 0.3 is 0 Å². The largest absolute Gasteiger partial charge is 0.497 e. The number of anilines is 3. The number of nitrogens with zero attached hydrogens (tertiary/aromatic N) is 5. The number of rotatable bonds is 6. The van der Waals surface area contributed by atoms with Crippen molar-refractivity contribution in [2.45, 2.75) is 6.04 Å². The molecule has 2 aliphatic heterocycles. The Bertz CT molecular complexity index is 1100. The van der Waals surface area contributed by atoms with E-state index in [-0.39, 0.29) is 0 Å². The van der Waals surface area contributed by atoms with Crippen LogP contribution in [0.2, 0.25) is 0 Å². The summed E-state index contributed by atoms with van der Waals surface area (Å²) >= 11 is 0. The van der Waals surface area contributed by atoms with Gasteiger partial charge in [-0.25, -0.2) is 13.5 Å².